The Hall–Kier alpha value is -1.40. The van der Waals surface area contributed by atoms with E-state index in [4.69, 9.17) is 5.73 Å². The van der Waals surface area contributed by atoms with Crippen LogP contribution in [0.4, 0.5) is 0 Å². The van der Waals surface area contributed by atoms with Crippen LogP contribution in [0.5, 0.6) is 0 Å². The predicted octanol–water partition coefficient (Wildman–Crippen LogP) is 0.784. The van der Waals surface area contributed by atoms with Crippen LogP contribution < -0.4 is 16.6 Å². The maximum Gasteiger partial charge on any atom is 0.277 e. The molecule has 1 saturated carbocycles. The Labute approximate surface area is 130 Å². The fourth-order valence-electron chi connectivity index (χ4n) is 2.43. The van der Waals surface area contributed by atoms with Gasteiger partial charge in [-0.1, -0.05) is 13.8 Å². The van der Waals surface area contributed by atoms with Gasteiger partial charge in [0.1, 0.15) is 5.56 Å². The molecule has 1 fully saturated rings. The molecule has 21 heavy (non-hydrogen) atoms. The van der Waals surface area contributed by atoms with E-state index in [-0.39, 0.29) is 29.9 Å². The first-order valence-corrected chi connectivity index (χ1v) is 7.22. The van der Waals surface area contributed by atoms with Crippen molar-refractivity contribution in [1.82, 2.24) is 15.5 Å². The van der Waals surface area contributed by atoms with Crippen LogP contribution in [0.25, 0.3) is 0 Å². The summed E-state index contributed by atoms with van der Waals surface area (Å²) >= 11 is 0. The number of nitrogens with one attached hydrogen (secondary N) is 2. The summed E-state index contributed by atoms with van der Waals surface area (Å²) in [5.74, 6) is 0.166. The number of nitrogens with zero attached hydrogens (tertiary/aromatic N) is 1. The van der Waals surface area contributed by atoms with Crippen molar-refractivity contribution < 1.29 is 4.79 Å². The number of halogens is 1. The van der Waals surface area contributed by atoms with E-state index >= 15 is 0 Å². The first-order chi connectivity index (χ1) is 9.58. The molecular formula is C14H23ClN4O2. The molecule has 0 spiro atoms. The van der Waals surface area contributed by atoms with Gasteiger partial charge in [0.25, 0.3) is 11.5 Å². The maximum atomic E-state index is 12.2. The number of hydrogen-bond donors (Lipinski definition) is 3. The van der Waals surface area contributed by atoms with Crippen molar-refractivity contribution in [2.75, 3.05) is 6.54 Å². The van der Waals surface area contributed by atoms with Gasteiger partial charge in [-0.3, -0.25) is 9.59 Å². The molecule has 0 bridgehead atoms. The maximum absolute atomic E-state index is 12.2. The molecule has 1 aromatic heterocycles. The largest absolute Gasteiger partial charge is 0.350 e. The third-order valence-electron chi connectivity index (χ3n) is 3.81. The third-order valence-corrected chi connectivity index (χ3v) is 3.81. The second-order valence-corrected chi connectivity index (χ2v) is 5.27. The molecule has 6 nitrogen and oxygen atoms in total. The molecule has 0 aromatic carbocycles. The molecule has 1 unspecified atom stereocenters. The first-order valence-electron chi connectivity index (χ1n) is 7.22. The Morgan fingerprint density at radius 3 is 2.62 bits per heavy atom. The van der Waals surface area contributed by atoms with E-state index in [1.807, 2.05) is 13.8 Å². The number of aromatic amines is 1. The minimum atomic E-state index is -0.434. The monoisotopic (exact) mass is 314 g/mol. The Morgan fingerprint density at radius 2 is 2.10 bits per heavy atom. The third kappa shape index (κ3) is 4.04. The van der Waals surface area contributed by atoms with Crippen molar-refractivity contribution in [3.63, 3.8) is 0 Å². The minimum absolute atomic E-state index is 0. The van der Waals surface area contributed by atoms with E-state index in [2.05, 4.69) is 15.5 Å². The second kappa shape index (κ2) is 7.56. The second-order valence-electron chi connectivity index (χ2n) is 5.27. The van der Waals surface area contributed by atoms with Gasteiger partial charge in [-0.2, -0.15) is 5.10 Å². The summed E-state index contributed by atoms with van der Waals surface area (Å²) in [6.45, 7) is 4.28. The summed E-state index contributed by atoms with van der Waals surface area (Å²) in [6.07, 6.45) is 3.56. The van der Waals surface area contributed by atoms with Crippen molar-refractivity contribution in [2.45, 2.75) is 45.6 Å². The van der Waals surface area contributed by atoms with Crippen molar-refractivity contribution in [1.29, 1.82) is 0 Å². The van der Waals surface area contributed by atoms with Crippen LogP contribution >= 0.6 is 12.4 Å². The lowest BCUT2D eigenvalue weighted by Gasteiger charge is -2.13. The fourth-order valence-corrected chi connectivity index (χ4v) is 2.43. The first kappa shape index (κ1) is 17.7. The van der Waals surface area contributed by atoms with Crippen molar-refractivity contribution >= 4 is 18.3 Å². The lowest BCUT2D eigenvalue weighted by atomic mass is 10.0. The standard InChI is InChI=1S/C14H22N4O2.ClH/c1-3-9-11(4-2)17-18-14(20)12(9)13(19)16-7-10(15)8-5-6-8;/h8,10H,3-7,15H2,1-2H3,(H,16,19)(H,18,20);1H. The molecule has 2 rings (SSSR count). The number of carbonyl (C=O) groups is 1. The Bertz CT molecular complexity index is 554. The van der Waals surface area contributed by atoms with Crippen molar-refractivity contribution in [3.05, 3.63) is 27.2 Å². The minimum Gasteiger partial charge on any atom is -0.350 e. The highest BCUT2D eigenvalue weighted by atomic mass is 35.5. The van der Waals surface area contributed by atoms with Crippen LogP contribution in [0.15, 0.2) is 4.79 Å². The number of carbonyl (C=O) groups excluding carboxylic acids is 1. The molecule has 0 aliphatic heterocycles. The van der Waals surface area contributed by atoms with Gasteiger partial charge in [0.05, 0.1) is 5.69 Å². The van der Waals surface area contributed by atoms with Crippen molar-refractivity contribution in [3.8, 4) is 0 Å². The highest BCUT2D eigenvalue weighted by Gasteiger charge is 2.29. The molecule has 0 saturated heterocycles. The lowest BCUT2D eigenvalue weighted by Crippen LogP contribution is -2.41. The van der Waals surface area contributed by atoms with E-state index < -0.39 is 5.56 Å². The zero-order valence-electron chi connectivity index (χ0n) is 12.4. The lowest BCUT2D eigenvalue weighted by molar-refractivity contribution is 0.0947. The molecule has 1 atom stereocenters. The van der Waals surface area contributed by atoms with E-state index in [9.17, 15) is 9.59 Å². The Balaban J connectivity index is 0.00000220. The van der Waals surface area contributed by atoms with Crippen LogP contribution in [0.3, 0.4) is 0 Å². The van der Waals surface area contributed by atoms with Gasteiger partial charge in [0, 0.05) is 12.6 Å². The summed E-state index contributed by atoms with van der Waals surface area (Å²) in [7, 11) is 0. The van der Waals surface area contributed by atoms with Gasteiger partial charge in [0.15, 0.2) is 0 Å². The molecule has 4 N–H and O–H groups in total. The van der Waals surface area contributed by atoms with Gasteiger partial charge in [0.2, 0.25) is 0 Å². The molecule has 118 valence electrons. The summed E-state index contributed by atoms with van der Waals surface area (Å²) in [5, 5.41) is 9.18. The van der Waals surface area contributed by atoms with Gasteiger partial charge < -0.3 is 11.1 Å². The molecular weight excluding hydrogens is 292 g/mol. The Morgan fingerprint density at radius 1 is 1.43 bits per heavy atom. The quantitative estimate of drug-likeness (QED) is 0.722. The highest BCUT2D eigenvalue weighted by Crippen LogP contribution is 2.31. The van der Waals surface area contributed by atoms with Crippen LogP contribution in [0.1, 0.15) is 48.3 Å². The zero-order chi connectivity index (χ0) is 14.7. The van der Waals surface area contributed by atoms with E-state index in [0.29, 0.717) is 25.3 Å². The molecule has 1 heterocycles. The van der Waals surface area contributed by atoms with Crippen LogP contribution in [-0.2, 0) is 12.8 Å². The van der Waals surface area contributed by atoms with E-state index in [1.165, 1.54) is 0 Å². The van der Waals surface area contributed by atoms with E-state index in [1.54, 1.807) is 0 Å². The van der Waals surface area contributed by atoms with Crippen LogP contribution in [0, 0.1) is 5.92 Å². The number of nitrogens with two attached hydrogens (primary N) is 1. The molecule has 7 heteroatoms. The molecule has 1 amide bonds. The number of H-pyrrole nitrogens is 1. The van der Waals surface area contributed by atoms with E-state index in [0.717, 1.165) is 24.1 Å². The number of aryl methyl sites for hydroxylation is 1. The highest BCUT2D eigenvalue weighted by molar-refractivity contribution is 5.95. The number of rotatable bonds is 6. The van der Waals surface area contributed by atoms with Crippen molar-refractivity contribution in [2.24, 2.45) is 11.7 Å². The zero-order valence-corrected chi connectivity index (χ0v) is 13.3. The normalized spacial score (nSPS) is 15.2. The van der Waals surface area contributed by atoms with Gasteiger partial charge in [-0.15, -0.1) is 12.4 Å². The average Bonchev–Trinajstić information content (AvgIpc) is 3.28. The summed E-state index contributed by atoms with van der Waals surface area (Å²) in [4.78, 5) is 24.1. The predicted molar refractivity (Wildman–Crippen MR) is 83.9 cm³/mol. The van der Waals surface area contributed by atoms with Gasteiger partial charge >= 0.3 is 0 Å². The topological polar surface area (TPSA) is 101 Å². The summed E-state index contributed by atoms with van der Waals surface area (Å²) < 4.78 is 0. The Kier molecular flexibility index (Phi) is 6.36. The molecule has 1 aliphatic rings. The summed E-state index contributed by atoms with van der Waals surface area (Å²) in [6, 6.07) is -0.0180. The summed E-state index contributed by atoms with van der Waals surface area (Å²) in [5.41, 5.74) is 7.20. The number of hydrogen-bond acceptors (Lipinski definition) is 4. The van der Waals surface area contributed by atoms with Gasteiger partial charge in [-0.05, 0) is 37.2 Å². The molecule has 1 aromatic rings. The van der Waals surface area contributed by atoms with Gasteiger partial charge in [-0.25, -0.2) is 5.10 Å². The molecule has 1 aliphatic carbocycles. The number of aromatic nitrogens is 2. The van der Waals surface area contributed by atoms with Crippen LogP contribution in [0.2, 0.25) is 0 Å². The average molecular weight is 315 g/mol. The number of amides is 1. The molecule has 0 radical (unpaired) electrons. The SMILES string of the molecule is CCc1n[nH]c(=O)c(C(=O)NCC(N)C2CC2)c1CC.Cl. The smallest absolute Gasteiger partial charge is 0.277 e. The van der Waals surface area contributed by atoms with Crippen LogP contribution in [-0.4, -0.2) is 28.7 Å². The fraction of sp³-hybridized carbons (Fsp3) is 0.643.